The summed E-state index contributed by atoms with van der Waals surface area (Å²) in [5.41, 5.74) is 16.0. The predicted molar refractivity (Wildman–Crippen MR) is 272 cm³/mol. The first-order chi connectivity index (χ1) is 32.0. The Morgan fingerprint density at radius 2 is 1.03 bits per heavy atom. The van der Waals surface area contributed by atoms with Gasteiger partial charge in [-0.1, -0.05) is 153 Å². The van der Waals surface area contributed by atoms with Crippen LogP contribution < -0.4 is 0 Å². The van der Waals surface area contributed by atoms with Gasteiger partial charge in [-0.05, 0) is 111 Å². The van der Waals surface area contributed by atoms with Crippen LogP contribution in [0.4, 0.5) is 0 Å². The van der Waals surface area contributed by atoms with Gasteiger partial charge >= 0.3 is 0 Å². The van der Waals surface area contributed by atoms with E-state index in [0.29, 0.717) is 5.82 Å². The molecule has 0 aliphatic heterocycles. The molecule has 0 saturated heterocycles. The lowest BCUT2D eigenvalue weighted by atomic mass is 9.79. The number of fused-ring (bicyclic) bond motifs is 13. The van der Waals surface area contributed by atoms with E-state index in [0.717, 1.165) is 44.6 Å². The third-order valence-corrected chi connectivity index (χ3v) is 14.3. The van der Waals surface area contributed by atoms with Crippen LogP contribution >= 0.6 is 0 Å². The van der Waals surface area contributed by atoms with Crippen LogP contribution in [0, 0.1) is 0 Å². The van der Waals surface area contributed by atoms with Crippen LogP contribution in [0.15, 0.2) is 206 Å². The molecule has 14 rings (SSSR count). The SMILES string of the molecule is CC1(C)c2ccccc2-c2cccc(-c3nc(-c4ccc(-n5c6cc(-n7c8ccccc8c8c9ccccc9ccc87)ccc6c6cc7ccccc7cc65)cc4)nc4ccccc34)c21. The highest BCUT2D eigenvalue weighted by Gasteiger charge is 2.38. The minimum atomic E-state index is -0.181. The average Bonchev–Trinajstić information content (AvgIpc) is 3.95. The second-order valence-electron chi connectivity index (χ2n) is 18.1. The summed E-state index contributed by atoms with van der Waals surface area (Å²) in [6.45, 7) is 4.69. The van der Waals surface area contributed by atoms with Crippen LogP contribution in [0.2, 0.25) is 0 Å². The van der Waals surface area contributed by atoms with Gasteiger partial charge in [0.15, 0.2) is 5.82 Å². The van der Waals surface area contributed by atoms with E-state index in [2.05, 4.69) is 229 Å². The molecule has 4 nitrogen and oxygen atoms in total. The lowest BCUT2D eigenvalue weighted by molar-refractivity contribution is 0.662. The van der Waals surface area contributed by atoms with Crippen molar-refractivity contribution in [1.82, 2.24) is 19.1 Å². The first-order valence-corrected chi connectivity index (χ1v) is 22.5. The molecule has 3 aromatic heterocycles. The van der Waals surface area contributed by atoms with Crippen LogP contribution in [0.1, 0.15) is 25.0 Å². The molecule has 65 heavy (non-hydrogen) atoms. The minimum absolute atomic E-state index is 0.181. The molecule has 0 amide bonds. The van der Waals surface area contributed by atoms with Crippen LogP contribution in [-0.2, 0) is 5.41 Å². The van der Waals surface area contributed by atoms with Gasteiger partial charge in [0.05, 0.1) is 33.3 Å². The smallest absolute Gasteiger partial charge is 0.160 e. The summed E-state index contributed by atoms with van der Waals surface area (Å²) in [5, 5.41) is 11.0. The highest BCUT2D eigenvalue weighted by molar-refractivity contribution is 6.21. The first kappa shape index (κ1) is 36.2. The van der Waals surface area contributed by atoms with Gasteiger partial charge in [0.1, 0.15) is 0 Å². The van der Waals surface area contributed by atoms with Crippen LogP contribution in [0.3, 0.4) is 0 Å². The Balaban J connectivity index is 0.960. The quantitative estimate of drug-likeness (QED) is 0.177. The minimum Gasteiger partial charge on any atom is -0.309 e. The standard InChI is InChI=1S/C61H40N4/c1-61(2)51-23-10-7-18-44(51)46-21-13-22-49(58(46)61)59-47-19-8-11-24-52(47)62-60(63-59)38-26-29-41(30-27-38)64-55-35-40-16-4-3-15-39(40)34-50(55)45-32-31-42(36-56(45)64)65-53-25-12-9-20-48(53)57-43-17-6-5-14-37(43)28-33-54(57)65/h3-36H,1-2H3. The fraction of sp³-hybridized carbons (Fsp3) is 0.0492. The third-order valence-electron chi connectivity index (χ3n) is 14.3. The van der Waals surface area contributed by atoms with Crippen LogP contribution in [0.25, 0.3) is 121 Å². The van der Waals surface area contributed by atoms with Crippen molar-refractivity contribution in [2.24, 2.45) is 0 Å². The van der Waals surface area contributed by atoms with Gasteiger partial charge in [-0.3, -0.25) is 0 Å². The molecule has 0 fully saturated rings. The third kappa shape index (κ3) is 5.14. The van der Waals surface area contributed by atoms with Gasteiger partial charge in [0.25, 0.3) is 0 Å². The molecule has 0 spiro atoms. The molecule has 0 N–H and O–H groups in total. The second kappa shape index (κ2) is 13.3. The van der Waals surface area contributed by atoms with E-state index in [4.69, 9.17) is 9.97 Å². The number of benzene rings is 10. The molecule has 0 saturated carbocycles. The lowest BCUT2D eigenvalue weighted by Crippen LogP contribution is -2.16. The number of hydrogen-bond donors (Lipinski definition) is 0. The highest BCUT2D eigenvalue weighted by Crippen LogP contribution is 2.52. The topological polar surface area (TPSA) is 35.6 Å². The normalized spacial score (nSPS) is 13.2. The number of nitrogens with zero attached hydrogens (tertiary/aromatic N) is 4. The van der Waals surface area contributed by atoms with Gasteiger partial charge in [0, 0.05) is 54.8 Å². The van der Waals surface area contributed by atoms with Crippen molar-refractivity contribution >= 4 is 76.1 Å². The molecule has 0 radical (unpaired) electrons. The van der Waals surface area contributed by atoms with E-state index in [1.807, 2.05) is 0 Å². The molecular formula is C61H40N4. The van der Waals surface area contributed by atoms with E-state index in [1.165, 1.54) is 81.9 Å². The Bertz CT molecular complexity index is 4150. The molecular weight excluding hydrogens is 789 g/mol. The molecule has 0 bridgehead atoms. The summed E-state index contributed by atoms with van der Waals surface area (Å²) in [5.74, 6) is 0.713. The monoisotopic (exact) mass is 828 g/mol. The van der Waals surface area contributed by atoms with Crippen molar-refractivity contribution in [3.8, 4) is 45.1 Å². The zero-order valence-electron chi connectivity index (χ0n) is 35.9. The summed E-state index contributed by atoms with van der Waals surface area (Å²) in [4.78, 5) is 10.7. The predicted octanol–water partition coefficient (Wildman–Crippen LogP) is 15.8. The van der Waals surface area contributed by atoms with Crippen LogP contribution in [0.5, 0.6) is 0 Å². The highest BCUT2D eigenvalue weighted by atomic mass is 15.0. The van der Waals surface area contributed by atoms with Crippen LogP contribution in [-0.4, -0.2) is 19.1 Å². The lowest BCUT2D eigenvalue weighted by Gasteiger charge is -2.24. The second-order valence-corrected chi connectivity index (χ2v) is 18.1. The molecule has 304 valence electrons. The number of aromatic nitrogens is 4. The molecule has 1 aliphatic rings. The number of hydrogen-bond acceptors (Lipinski definition) is 2. The Kier molecular flexibility index (Phi) is 7.42. The fourth-order valence-corrected chi connectivity index (χ4v) is 11.3. The molecule has 13 aromatic rings. The largest absolute Gasteiger partial charge is 0.309 e. The van der Waals surface area contributed by atoms with Gasteiger partial charge < -0.3 is 9.13 Å². The molecule has 0 atom stereocenters. The van der Waals surface area contributed by atoms with E-state index in [1.54, 1.807) is 0 Å². The summed E-state index contributed by atoms with van der Waals surface area (Å²) in [7, 11) is 0. The van der Waals surface area contributed by atoms with E-state index in [9.17, 15) is 0 Å². The van der Waals surface area contributed by atoms with Crippen molar-refractivity contribution in [2.75, 3.05) is 0 Å². The summed E-state index contributed by atoms with van der Waals surface area (Å²) >= 11 is 0. The molecule has 3 heterocycles. The van der Waals surface area contributed by atoms with Crippen molar-refractivity contribution < 1.29 is 0 Å². The van der Waals surface area contributed by atoms with E-state index >= 15 is 0 Å². The van der Waals surface area contributed by atoms with Crippen molar-refractivity contribution in [3.05, 3.63) is 217 Å². The van der Waals surface area contributed by atoms with E-state index < -0.39 is 0 Å². The van der Waals surface area contributed by atoms with Crippen molar-refractivity contribution in [3.63, 3.8) is 0 Å². The molecule has 1 aliphatic carbocycles. The Labute approximate surface area is 375 Å². The summed E-state index contributed by atoms with van der Waals surface area (Å²) in [6, 6.07) is 75.3. The number of para-hydroxylation sites is 2. The maximum absolute atomic E-state index is 5.46. The Morgan fingerprint density at radius 3 is 1.89 bits per heavy atom. The summed E-state index contributed by atoms with van der Waals surface area (Å²) in [6.07, 6.45) is 0. The van der Waals surface area contributed by atoms with E-state index in [-0.39, 0.29) is 5.41 Å². The Hall–Kier alpha value is -8.34. The van der Waals surface area contributed by atoms with Gasteiger partial charge in [-0.2, -0.15) is 0 Å². The van der Waals surface area contributed by atoms with Crippen molar-refractivity contribution in [1.29, 1.82) is 0 Å². The number of rotatable bonds is 4. The molecule has 10 aromatic carbocycles. The van der Waals surface area contributed by atoms with Gasteiger partial charge in [0.2, 0.25) is 0 Å². The molecule has 4 heteroatoms. The van der Waals surface area contributed by atoms with Gasteiger partial charge in [-0.25, -0.2) is 9.97 Å². The summed E-state index contributed by atoms with van der Waals surface area (Å²) < 4.78 is 4.88. The zero-order chi connectivity index (χ0) is 43.0. The maximum Gasteiger partial charge on any atom is 0.160 e. The maximum atomic E-state index is 5.46. The van der Waals surface area contributed by atoms with Crippen molar-refractivity contribution in [2.45, 2.75) is 19.3 Å². The zero-order valence-corrected chi connectivity index (χ0v) is 35.9. The average molecular weight is 829 g/mol. The fourth-order valence-electron chi connectivity index (χ4n) is 11.3. The first-order valence-electron chi connectivity index (χ1n) is 22.5. The van der Waals surface area contributed by atoms with Gasteiger partial charge in [-0.15, -0.1) is 0 Å². The Morgan fingerprint density at radius 1 is 0.385 bits per heavy atom. The molecule has 0 unspecified atom stereocenters.